The highest BCUT2D eigenvalue weighted by Crippen LogP contribution is 2.16. The predicted molar refractivity (Wildman–Crippen MR) is 102 cm³/mol. The maximum absolute atomic E-state index is 12.6. The quantitative estimate of drug-likeness (QED) is 0.735. The van der Waals surface area contributed by atoms with Gasteiger partial charge in [0.1, 0.15) is 0 Å². The Balaban J connectivity index is 2.05. The number of carbonyl (C=O) groups excluding carboxylic acids is 1. The molecule has 4 nitrogen and oxygen atoms in total. The van der Waals surface area contributed by atoms with Gasteiger partial charge < -0.3 is 10.4 Å². The molecule has 134 valence electrons. The number of benzene rings is 2. The van der Waals surface area contributed by atoms with Crippen LogP contribution in [-0.2, 0) is 17.8 Å². The van der Waals surface area contributed by atoms with Gasteiger partial charge in [0, 0.05) is 24.9 Å². The first-order valence-electron chi connectivity index (χ1n) is 8.90. The van der Waals surface area contributed by atoms with Gasteiger partial charge in [-0.15, -0.1) is 0 Å². The van der Waals surface area contributed by atoms with E-state index >= 15 is 0 Å². The summed E-state index contributed by atoms with van der Waals surface area (Å²) >= 11 is 0. The van der Waals surface area contributed by atoms with E-state index in [1.807, 2.05) is 49.4 Å². The Bertz CT molecular complexity index is 658. The van der Waals surface area contributed by atoms with Gasteiger partial charge in [0.05, 0.1) is 6.54 Å². The molecule has 0 aromatic heterocycles. The highest BCUT2D eigenvalue weighted by atomic mass is 16.3. The molecule has 1 amide bonds. The molecule has 0 heterocycles. The molecule has 1 unspecified atom stereocenters. The van der Waals surface area contributed by atoms with Crippen LogP contribution in [0.15, 0.2) is 54.6 Å². The second-order valence-corrected chi connectivity index (χ2v) is 6.31. The first-order valence-corrected chi connectivity index (χ1v) is 8.90. The minimum atomic E-state index is -0.0263. The molecule has 0 saturated carbocycles. The molecular formula is C21H28N2O2. The van der Waals surface area contributed by atoms with E-state index in [1.54, 1.807) is 0 Å². The summed E-state index contributed by atoms with van der Waals surface area (Å²) in [7, 11) is 0. The Morgan fingerprint density at radius 2 is 1.80 bits per heavy atom. The molecule has 2 rings (SSSR count). The van der Waals surface area contributed by atoms with E-state index in [9.17, 15) is 9.90 Å². The van der Waals surface area contributed by atoms with Crippen LogP contribution in [0.3, 0.4) is 0 Å². The number of carbonyl (C=O) groups is 1. The Kier molecular flexibility index (Phi) is 7.64. The van der Waals surface area contributed by atoms with E-state index in [2.05, 4.69) is 29.3 Å². The lowest BCUT2D eigenvalue weighted by Crippen LogP contribution is -2.39. The molecule has 0 spiro atoms. The molecule has 2 aromatic carbocycles. The Hall–Kier alpha value is -2.17. The van der Waals surface area contributed by atoms with Crippen LogP contribution in [-0.4, -0.2) is 35.1 Å². The SMILES string of the molecule is CCc1ccccc1NC(=O)CN(Cc1ccccc1)C(C)CCO. The summed E-state index contributed by atoms with van der Waals surface area (Å²) in [4.78, 5) is 14.7. The van der Waals surface area contributed by atoms with Crippen LogP contribution >= 0.6 is 0 Å². The first-order chi connectivity index (χ1) is 12.1. The van der Waals surface area contributed by atoms with E-state index in [0.717, 1.165) is 23.2 Å². The average molecular weight is 340 g/mol. The summed E-state index contributed by atoms with van der Waals surface area (Å²) in [6, 6.07) is 18.1. The number of aliphatic hydroxyl groups excluding tert-OH is 1. The van der Waals surface area contributed by atoms with Crippen LogP contribution in [0.1, 0.15) is 31.4 Å². The van der Waals surface area contributed by atoms with Crippen molar-refractivity contribution in [2.75, 3.05) is 18.5 Å². The minimum Gasteiger partial charge on any atom is -0.396 e. The topological polar surface area (TPSA) is 52.6 Å². The van der Waals surface area contributed by atoms with Crippen molar-refractivity contribution in [2.24, 2.45) is 0 Å². The smallest absolute Gasteiger partial charge is 0.238 e. The number of hydrogen-bond acceptors (Lipinski definition) is 3. The van der Waals surface area contributed by atoms with Crippen LogP contribution in [0.5, 0.6) is 0 Å². The van der Waals surface area contributed by atoms with E-state index < -0.39 is 0 Å². The third-order valence-electron chi connectivity index (χ3n) is 4.42. The van der Waals surface area contributed by atoms with Crippen LogP contribution in [0, 0.1) is 0 Å². The number of amides is 1. The fourth-order valence-corrected chi connectivity index (χ4v) is 2.88. The number of anilines is 1. The lowest BCUT2D eigenvalue weighted by atomic mass is 10.1. The number of nitrogens with one attached hydrogen (secondary N) is 1. The van der Waals surface area contributed by atoms with Crippen molar-refractivity contribution in [3.05, 3.63) is 65.7 Å². The third kappa shape index (κ3) is 6.00. The van der Waals surface area contributed by atoms with Gasteiger partial charge in [0.15, 0.2) is 0 Å². The predicted octanol–water partition coefficient (Wildman–Crippen LogP) is 3.46. The maximum Gasteiger partial charge on any atom is 0.238 e. The summed E-state index contributed by atoms with van der Waals surface area (Å²) < 4.78 is 0. The van der Waals surface area contributed by atoms with Crippen molar-refractivity contribution in [3.8, 4) is 0 Å². The Morgan fingerprint density at radius 3 is 2.48 bits per heavy atom. The third-order valence-corrected chi connectivity index (χ3v) is 4.42. The van der Waals surface area contributed by atoms with Gasteiger partial charge in [-0.1, -0.05) is 55.5 Å². The molecule has 2 aromatic rings. The second kappa shape index (κ2) is 9.97. The zero-order valence-electron chi connectivity index (χ0n) is 15.1. The van der Waals surface area contributed by atoms with Gasteiger partial charge in [-0.05, 0) is 37.0 Å². The van der Waals surface area contributed by atoms with E-state index in [-0.39, 0.29) is 18.6 Å². The number of hydrogen-bond donors (Lipinski definition) is 2. The van der Waals surface area contributed by atoms with Gasteiger partial charge in [-0.25, -0.2) is 0 Å². The average Bonchev–Trinajstić information content (AvgIpc) is 2.62. The molecule has 2 N–H and O–H groups in total. The largest absolute Gasteiger partial charge is 0.396 e. The van der Waals surface area contributed by atoms with Gasteiger partial charge >= 0.3 is 0 Å². The van der Waals surface area contributed by atoms with Crippen molar-refractivity contribution < 1.29 is 9.90 Å². The molecular weight excluding hydrogens is 312 g/mol. The minimum absolute atomic E-state index is 0.0263. The standard InChI is InChI=1S/C21H28N2O2/c1-3-19-11-7-8-12-20(19)22-21(25)16-23(17(2)13-14-24)15-18-9-5-4-6-10-18/h4-12,17,24H,3,13-16H2,1-2H3,(H,22,25). The molecule has 0 radical (unpaired) electrons. The lowest BCUT2D eigenvalue weighted by Gasteiger charge is -2.28. The summed E-state index contributed by atoms with van der Waals surface area (Å²) in [5, 5.41) is 12.3. The fourth-order valence-electron chi connectivity index (χ4n) is 2.88. The zero-order valence-corrected chi connectivity index (χ0v) is 15.1. The Morgan fingerprint density at radius 1 is 1.12 bits per heavy atom. The maximum atomic E-state index is 12.6. The summed E-state index contributed by atoms with van der Waals surface area (Å²) in [6.07, 6.45) is 1.52. The number of rotatable bonds is 9. The molecule has 0 aliphatic heterocycles. The van der Waals surface area contributed by atoms with Crippen LogP contribution in [0.4, 0.5) is 5.69 Å². The van der Waals surface area contributed by atoms with Gasteiger partial charge in [0.25, 0.3) is 0 Å². The van der Waals surface area contributed by atoms with E-state index in [0.29, 0.717) is 19.5 Å². The molecule has 25 heavy (non-hydrogen) atoms. The molecule has 0 saturated heterocycles. The molecule has 0 aliphatic carbocycles. The molecule has 0 aliphatic rings. The molecule has 0 fully saturated rings. The van der Waals surface area contributed by atoms with Crippen LogP contribution in [0.25, 0.3) is 0 Å². The highest BCUT2D eigenvalue weighted by Gasteiger charge is 2.18. The lowest BCUT2D eigenvalue weighted by molar-refractivity contribution is -0.118. The number of aryl methyl sites for hydroxylation is 1. The summed E-state index contributed by atoms with van der Waals surface area (Å²) in [6.45, 7) is 5.23. The Labute approximate surface area is 150 Å². The monoisotopic (exact) mass is 340 g/mol. The van der Waals surface area contributed by atoms with Crippen molar-refractivity contribution in [1.29, 1.82) is 0 Å². The van der Waals surface area contributed by atoms with E-state index in [1.165, 1.54) is 0 Å². The summed E-state index contributed by atoms with van der Waals surface area (Å²) in [5.41, 5.74) is 3.17. The van der Waals surface area contributed by atoms with Crippen molar-refractivity contribution in [2.45, 2.75) is 39.3 Å². The van der Waals surface area contributed by atoms with Gasteiger partial charge in [0.2, 0.25) is 5.91 Å². The summed E-state index contributed by atoms with van der Waals surface area (Å²) in [5.74, 6) is -0.0263. The van der Waals surface area contributed by atoms with Crippen molar-refractivity contribution in [1.82, 2.24) is 4.90 Å². The molecule has 1 atom stereocenters. The van der Waals surface area contributed by atoms with Gasteiger partial charge in [-0.2, -0.15) is 0 Å². The van der Waals surface area contributed by atoms with Crippen LogP contribution in [0.2, 0.25) is 0 Å². The normalized spacial score (nSPS) is 12.2. The number of nitrogens with zero attached hydrogens (tertiary/aromatic N) is 1. The second-order valence-electron chi connectivity index (χ2n) is 6.31. The van der Waals surface area contributed by atoms with Gasteiger partial charge in [-0.3, -0.25) is 9.69 Å². The number of aliphatic hydroxyl groups is 1. The first kappa shape index (κ1) is 19.2. The van der Waals surface area contributed by atoms with E-state index in [4.69, 9.17) is 0 Å². The highest BCUT2D eigenvalue weighted by molar-refractivity contribution is 5.93. The van der Waals surface area contributed by atoms with Crippen molar-refractivity contribution in [3.63, 3.8) is 0 Å². The zero-order chi connectivity index (χ0) is 18.1. The molecule has 4 heteroatoms. The fraction of sp³-hybridized carbons (Fsp3) is 0.381. The van der Waals surface area contributed by atoms with Crippen LogP contribution < -0.4 is 5.32 Å². The number of para-hydroxylation sites is 1. The molecule has 0 bridgehead atoms. The van der Waals surface area contributed by atoms with Crippen molar-refractivity contribution >= 4 is 11.6 Å².